The first-order chi connectivity index (χ1) is 9.54. The molecule has 1 aromatic rings. The summed E-state index contributed by atoms with van der Waals surface area (Å²) in [5.74, 6) is 0.891. The third-order valence-electron chi connectivity index (χ3n) is 4.11. The third-order valence-corrected chi connectivity index (χ3v) is 4.11. The van der Waals surface area contributed by atoms with Gasteiger partial charge in [0.2, 0.25) is 0 Å². The number of nitrogens with one attached hydrogen (secondary N) is 2. The van der Waals surface area contributed by atoms with Crippen LogP contribution in [-0.4, -0.2) is 57.6 Å². The molecule has 1 fully saturated rings. The van der Waals surface area contributed by atoms with Crippen molar-refractivity contribution in [1.29, 1.82) is 0 Å². The second-order valence-corrected chi connectivity index (χ2v) is 6.15. The van der Waals surface area contributed by atoms with Crippen LogP contribution in [0.5, 0.6) is 5.75 Å². The zero-order chi connectivity index (χ0) is 14.5. The van der Waals surface area contributed by atoms with E-state index >= 15 is 0 Å². The highest BCUT2D eigenvalue weighted by Gasteiger charge is 2.22. The van der Waals surface area contributed by atoms with E-state index in [0.717, 1.165) is 30.9 Å². The molecule has 1 aliphatic heterocycles. The molecule has 1 atom stereocenters. The molecule has 0 bridgehead atoms. The summed E-state index contributed by atoms with van der Waals surface area (Å²) in [7, 11) is 2.23. The molecule has 3 N–H and O–H groups in total. The Morgan fingerprint density at radius 1 is 1.20 bits per heavy atom. The maximum absolute atomic E-state index is 10.1. The Balaban J connectivity index is 1.77. The van der Waals surface area contributed by atoms with E-state index in [1.54, 1.807) is 4.90 Å². The first-order valence-corrected chi connectivity index (χ1v) is 7.57. The molecular formula is C16H28N2O2+2. The number of aryl methyl sites for hydroxylation is 2. The lowest BCUT2D eigenvalue weighted by molar-refractivity contribution is -1.00. The molecule has 1 aromatic carbocycles. The van der Waals surface area contributed by atoms with Gasteiger partial charge in [0.1, 0.15) is 51.2 Å². The fraction of sp³-hybridized carbons (Fsp3) is 0.625. The highest BCUT2D eigenvalue weighted by molar-refractivity contribution is 5.35. The first kappa shape index (κ1) is 15.3. The quantitative estimate of drug-likeness (QED) is 0.611. The number of hydrogen-bond donors (Lipinski definition) is 3. The van der Waals surface area contributed by atoms with Crippen molar-refractivity contribution in [3.05, 3.63) is 29.3 Å². The molecule has 0 amide bonds. The molecule has 0 aliphatic carbocycles. The van der Waals surface area contributed by atoms with Gasteiger partial charge in [0.25, 0.3) is 0 Å². The van der Waals surface area contributed by atoms with Crippen molar-refractivity contribution in [3.8, 4) is 5.75 Å². The van der Waals surface area contributed by atoms with Gasteiger partial charge in [0.15, 0.2) is 0 Å². The van der Waals surface area contributed by atoms with Crippen molar-refractivity contribution in [1.82, 2.24) is 0 Å². The van der Waals surface area contributed by atoms with E-state index < -0.39 is 0 Å². The molecular weight excluding hydrogens is 252 g/mol. The lowest BCUT2D eigenvalue weighted by Gasteiger charge is -2.28. The number of ether oxygens (including phenoxy) is 1. The van der Waals surface area contributed by atoms with Crippen molar-refractivity contribution in [2.75, 3.05) is 46.4 Å². The van der Waals surface area contributed by atoms with E-state index in [9.17, 15) is 5.11 Å². The SMILES string of the molecule is Cc1ccc(C)c(OC[C@@H](O)C[NH+]2CC[NH+](C)CC2)c1. The van der Waals surface area contributed by atoms with Gasteiger partial charge >= 0.3 is 0 Å². The van der Waals surface area contributed by atoms with Gasteiger partial charge in [-0.05, 0) is 31.0 Å². The monoisotopic (exact) mass is 280 g/mol. The lowest BCUT2D eigenvalue weighted by Crippen LogP contribution is -3.27. The summed E-state index contributed by atoms with van der Waals surface area (Å²) >= 11 is 0. The van der Waals surface area contributed by atoms with Crippen LogP contribution in [0.3, 0.4) is 0 Å². The molecule has 4 heteroatoms. The summed E-state index contributed by atoms with van der Waals surface area (Å²) in [6.45, 7) is 9.95. The predicted molar refractivity (Wildman–Crippen MR) is 79.6 cm³/mol. The normalized spacial score (nSPS) is 24.4. The predicted octanol–water partition coefficient (Wildman–Crippen LogP) is -1.54. The summed E-state index contributed by atoms with van der Waals surface area (Å²) in [6.07, 6.45) is -0.386. The fourth-order valence-electron chi connectivity index (χ4n) is 2.68. The van der Waals surface area contributed by atoms with Crippen molar-refractivity contribution in [2.45, 2.75) is 20.0 Å². The maximum atomic E-state index is 10.1. The minimum absolute atomic E-state index is 0.385. The fourth-order valence-corrected chi connectivity index (χ4v) is 2.68. The standard InChI is InChI=1S/C16H26N2O2/c1-13-4-5-14(2)16(10-13)20-12-15(19)11-18-8-6-17(3)7-9-18/h4-5,10,15,19H,6-9,11-12H2,1-3H3/p+2/t15-/m0/s1. The number of rotatable bonds is 5. The van der Waals surface area contributed by atoms with Crippen LogP contribution >= 0.6 is 0 Å². The summed E-state index contributed by atoms with van der Waals surface area (Å²) in [5.41, 5.74) is 2.31. The van der Waals surface area contributed by atoms with Gasteiger partial charge in [0.05, 0.1) is 7.05 Å². The van der Waals surface area contributed by atoms with Crippen LogP contribution in [0.1, 0.15) is 11.1 Å². The van der Waals surface area contributed by atoms with Gasteiger partial charge in [0, 0.05) is 0 Å². The van der Waals surface area contributed by atoms with E-state index in [-0.39, 0.29) is 6.10 Å². The van der Waals surface area contributed by atoms with Gasteiger partial charge < -0.3 is 19.6 Å². The van der Waals surface area contributed by atoms with Crippen LogP contribution in [0, 0.1) is 13.8 Å². The number of likely N-dealkylation sites (N-methyl/N-ethyl adjacent to an activating group) is 1. The molecule has 1 heterocycles. The number of benzene rings is 1. The molecule has 0 unspecified atom stereocenters. The summed E-state index contributed by atoms with van der Waals surface area (Å²) in [6, 6.07) is 6.18. The Labute approximate surface area is 122 Å². The number of aliphatic hydroxyl groups is 1. The second-order valence-electron chi connectivity index (χ2n) is 6.15. The molecule has 0 aromatic heterocycles. The van der Waals surface area contributed by atoms with Crippen LogP contribution in [-0.2, 0) is 0 Å². The Hall–Kier alpha value is -1.10. The van der Waals surface area contributed by atoms with Gasteiger partial charge in [-0.25, -0.2) is 0 Å². The largest absolute Gasteiger partial charge is 0.490 e. The van der Waals surface area contributed by atoms with Crippen molar-refractivity contribution in [2.24, 2.45) is 0 Å². The average molecular weight is 280 g/mol. The van der Waals surface area contributed by atoms with E-state index in [0.29, 0.717) is 6.61 Å². The zero-order valence-corrected chi connectivity index (χ0v) is 12.9. The summed E-state index contributed by atoms with van der Waals surface area (Å²) in [4.78, 5) is 3.09. The van der Waals surface area contributed by atoms with Crippen LogP contribution in [0.25, 0.3) is 0 Å². The highest BCUT2D eigenvalue weighted by atomic mass is 16.5. The van der Waals surface area contributed by atoms with E-state index in [2.05, 4.69) is 26.1 Å². The number of aliphatic hydroxyl groups excluding tert-OH is 1. The van der Waals surface area contributed by atoms with Crippen LogP contribution in [0.2, 0.25) is 0 Å². The smallest absolute Gasteiger partial charge is 0.137 e. The van der Waals surface area contributed by atoms with Gasteiger partial charge in [-0.1, -0.05) is 12.1 Å². The highest BCUT2D eigenvalue weighted by Crippen LogP contribution is 2.19. The Morgan fingerprint density at radius 2 is 1.90 bits per heavy atom. The first-order valence-electron chi connectivity index (χ1n) is 7.57. The van der Waals surface area contributed by atoms with Crippen molar-refractivity contribution < 1.29 is 19.6 Å². The Morgan fingerprint density at radius 3 is 2.60 bits per heavy atom. The molecule has 0 saturated carbocycles. The minimum Gasteiger partial charge on any atom is -0.490 e. The van der Waals surface area contributed by atoms with E-state index in [4.69, 9.17) is 4.74 Å². The molecule has 20 heavy (non-hydrogen) atoms. The molecule has 2 rings (SSSR count). The summed E-state index contributed by atoms with van der Waals surface area (Å²) in [5, 5.41) is 10.1. The van der Waals surface area contributed by atoms with E-state index in [1.165, 1.54) is 23.6 Å². The maximum Gasteiger partial charge on any atom is 0.137 e. The topological polar surface area (TPSA) is 38.3 Å². The molecule has 112 valence electrons. The molecule has 1 saturated heterocycles. The average Bonchev–Trinajstić information content (AvgIpc) is 2.42. The number of piperazine rings is 1. The minimum atomic E-state index is -0.386. The molecule has 1 aliphatic rings. The molecule has 0 spiro atoms. The van der Waals surface area contributed by atoms with Crippen LogP contribution in [0.15, 0.2) is 18.2 Å². The summed E-state index contributed by atoms with van der Waals surface area (Å²) < 4.78 is 5.77. The van der Waals surface area contributed by atoms with Crippen molar-refractivity contribution >= 4 is 0 Å². The Kier molecular flexibility index (Phi) is 5.40. The van der Waals surface area contributed by atoms with Gasteiger partial charge in [-0.15, -0.1) is 0 Å². The van der Waals surface area contributed by atoms with Crippen LogP contribution < -0.4 is 14.5 Å². The third kappa shape index (κ3) is 4.47. The number of quaternary nitrogens is 2. The van der Waals surface area contributed by atoms with E-state index in [1.807, 2.05) is 13.0 Å². The van der Waals surface area contributed by atoms with Gasteiger partial charge in [-0.2, -0.15) is 0 Å². The Bertz CT molecular complexity index is 428. The second kappa shape index (κ2) is 7.07. The molecule has 0 radical (unpaired) electrons. The lowest BCUT2D eigenvalue weighted by atomic mass is 10.1. The zero-order valence-electron chi connectivity index (χ0n) is 12.9. The number of hydrogen-bond acceptors (Lipinski definition) is 2. The van der Waals surface area contributed by atoms with Crippen molar-refractivity contribution in [3.63, 3.8) is 0 Å². The van der Waals surface area contributed by atoms with Crippen LogP contribution in [0.4, 0.5) is 0 Å². The van der Waals surface area contributed by atoms with Gasteiger partial charge in [-0.3, -0.25) is 0 Å². The molecule has 4 nitrogen and oxygen atoms in total.